The summed E-state index contributed by atoms with van der Waals surface area (Å²) in [6, 6.07) is 10.4. The number of morpholine rings is 1. The maximum atomic E-state index is 13.1. The van der Waals surface area contributed by atoms with Gasteiger partial charge in [-0.2, -0.15) is 4.31 Å². The first kappa shape index (κ1) is 23.0. The molecule has 0 N–H and O–H groups in total. The van der Waals surface area contributed by atoms with Crippen LogP contribution in [0.15, 0.2) is 57.4 Å². The van der Waals surface area contributed by atoms with Crippen molar-refractivity contribution in [1.82, 2.24) is 23.2 Å². The van der Waals surface area contributed by atoms with E-state index in [4.69, 9.17) is 9.72 Å². The van der Waals surface area contributed by atoms with Gasteiger partial charge in [-0.1, -0.05) is 11.8 Å². The van der Waals surface area contributed by atoms with E-state index < -0.39 is 10.0 Å². The van der Waals surface area contributed by atoms with E-state index in [0.717, 1.165) is 16.2 Å². The van der Waals surface area contributed by atoms with Crippen molar-refractivity contribution in [2.75, 3.05) is 26.3 Å². The van der Waals surface area contributed by atoms with Gasteiger partial charge in [0.05, 0.1) is 34.8 Å². The molecule has 9 nitrogen and oxygen atoms in total. The zero-order valence-corrected chi connectivity index (χ0v) is 20.6. The molecule has 0 bridgehead atoms. The minimum absolute atomic E-state index is 0.123. The van der Waals surface area contributed by atoms with Crippen molar-refractivity contribution in [2.45, 2.75) is 36.2 Å². The highest BCUT2D eigenvalue weighted by Crippen LogP contribution is 2.29. The molecule has 4 heterocycles. The Hall–Kier alpha value is -2.73. The number of fused-ring (bicyclic) bond motifs is 2. The molecule has 1 aromatic carbocycles. The standard InChI is InChI=1S/C23H25N5O4S2/c1-3-27-20-5-4-18(34(30,31)26-8-10-32-11-9-26)14-19(20)25-23(27)33-15-17-13-22(29)28-7-6-16(2)12-21(28)24-17/h4-7,12-14H,3,8-11,15H2,1-2H3. The Bertz CT molecular complexity index is 1540. The van der Waals surface area contributed by atoms with E-state index in [2.05, 4.69) is 4.98 Å². The summed E-state index contributed by atoms with van der Waals surface area (Å²) in [5.74, 6) is 0.474. The van der Waals surface area contributed by atoms with Crippen LogP contribution in [-0.2, 0) is 27.1 Å². The summed E-state index contributed by atoms with van der Waals surface area (Å²) in [6.45, 7) is 6.17. The summed E-state index contributed by atoms with van der Waals surface area (Å²) in [4.78, 5) is 22.1. The van der Waals surface area contributed by atoms with Crippen molar-refractivity contribution in [2.24, 2.45) is 0 Å². The Kier molecular flexibility index (Phi) is 6.19. The normalized spacial score (nSPS) is 15.4. The zero-order chi connectivity index (χ0) is 23.9. The molecule has 0 unspecified atom stereocenters. The molecule has 0 amide bonds. The molecule has 1 aliphatic rings. The first-order valence-electron chi connectivity index (χ1n) is 11.1. The van der Waals surface area contributed by atoms with Crippen LogP contribution in [0, 0.1) is 6.92 Å². The van der Waals surface area contributed by atoms with Gasteiger partial charge in [-0.25, -0.2) is 18.4 Å². The maximum absolute atomic E-state index is 13.1. The highest BCUT2D eigenvalue weighted by atomic mass is 32.2. The third-order valence-electron chi connectivity index (χ3n) is 5.83. The lowest BCUT2D eigenvalue weighted by Gasteiger charge is -2.26. The van der Waals surface area contributed by atoms with Gasteiger partial charge in [0.2, 0.25) is 10.0 Å². The first-order valence-corrected chi connectivity index (χ1v) is 13.5. The number of sulfonamides is 1. The second-order valence-corrected chi connectivity index (χ2v) is 11.0. The van der Waals surface area contributed by atoms with Crippen molar-refractivity contribution >= 4 is 38.5 Å². The SMILES string of the molecule is CCn1c(SCc2cc(=O)n3ccc(C)cc3n2)nc2cc(S(=O)(=O)N3CCOCC3)ccc21. The number of pyridine rings is 1. The fourth-order valence-corrected chi connectivity index (χ4v) is 6.47. The van der Waals surface area contributed by atoms with Gasteiger partial charge in [-0.15, -0.1) is 0 Å². The van der Waals surface area contributed by atoms with Crippen LogP contribution in [0.3, 0.4) is 0 Å². The number of hydrogen-bond acceptors (Lipinski definition) is 7. The number of imidazole rings is 1. The van der Waals surface area contributed by atoms with Crippen molar-refractivity contribution in [1.29, 1.82) is 0 Å². The molecule has 0 atom stereocenters. The predicted molar refractivity (Wildman–Crippen MR) is 131 cm³/mol. The molecule has 0 saturated carbocycles. The van der Waals surface area contributed by atoms with Crippen molar-refractivity contribution in [3.05, 3.63) is 64.2 Å². The predicted octanol–water partition coefficient (Wildman–Crippen LogP) is 2.69. The highest BCUT2D eigenvalue weighted by Gasteiger charge is 2.27. The number of nitrogens with zero attached hydrogens (tertiary/aromatic N) is 5. The molecule has 5 rings (SSSR count). The number of rotatable bonds is 6. The van der Waals surface area contributed by atoms with Crippen molar-refractivity contribution in [3.63, 3.8) is 0 Å². The summed E-state index contributed by atoms with van der Waals surface area (Å²) >= 11 is 1.48. The van der Waals surface area contributed by atoms with Crippen LogP contribution in [0.1, 0.15) is 18.2 Å². The zero-order valence-electron chi connectivity index (χ0n) is 19.0. The lowest BCUT2D eigenvalue weighted by Crippen LogP contribution is -2.40. The molecule has 178 valence electrons. The maximum Gasteiger partial charge on any atom is 0.258 e. The molecular weight excluding hydrogens is 474 g/mol. The third kappa shape index (κ3) is 4.24. The quantitative estimate of drug-likeness (QED) is 0.376. The van der Waals surface area contributed by atoms with Gasteiger partial charge in [0.15, 0.2) is 5.16 Å². The fourth-order valence-electron chi connectivity index (χ4n) is 4.07. The average Bonchev–Trinajstić information content (AvgIpc) is 3.19. The number of hydrogen-bond donors (Lipinski definition) is 0. The van der Waals surface area contributed by atoms with E-state index in [1.165, 1.54) is 20.5 Å². The molecule has 3 aromatic heterocycles. The molecule has 1 saturated heterocycles. The second-order valence-electron chi connectivity index (χ2n) is 8.11. The van der Waals surface area contributed by atoms with Gasteiger partial charge in [0, 0.05) is 37.7 Å². The lowest BCUT2D eigenvalue weighted by molar-refractivity contribution is 0.0730. The first-order chi connectivity index (χ1) is 16.4. The van der Waals surface area contributed by atoms with Crippen LogP contribution < -0.4 is 5.56 Å². The molecule has 1 aliphatic heterocycles. The van der Waals surface area contributed by atoms with E-state index in [-0.39, 0.29) is 10.5 Å². The summed E-state index contributed by atoms with van der Waals surface area (Å²) < 4.78 is 36.4. The number of benzene rings is 1. The largest absolute Gasteiger partial charge is 0.379 e. The Balaban J connectivity index is 1.45. The number of aromatic nitrogens is 4. The summed E-state index contributed by atoms with van der Waals surface area (Å²) in [5, 5.41) is 0.754. The average molecular weight is 500 g/mol. The molecule has 0 spiro atoms. The molecule has 0 aliphatic carbocycles. The van der Waals surface area contributed by atoms with Crippen LogP contribution in [0.25, 0.3) is 16.7 Å². The molecule has 11 heteroatoms. The van der Waals surface area contributed by atoms with Crippen LogP contribution in [-0.4, -0.2) is 58.0 Å². The van der Waals surface area contributed by atoms with Gasteiger partial charge in [0.1, 0.15) is 5.65 Å². The monoisotopic (exact) mass is 499 g/mol. The minimum atomic E-state index is -3.60. The number of ether oxygens (including phenoxy) is 1. The van der Waals surface area contributed by atoms with E-state index >= 15 is 0 Å². The van der Waals surface area contributed by atoms with E-state index in [0.29, 0.717) is 55.5 Å². The van der Waals surface area contributed by atoms with Crippen molar-refractivity contribution < 1.29 is 13.2 Å². The van der Waals surface area contributed by atoms with Gasteiger partial charge >= 0.3 is 0 Å². The molecular formula is C23H25N5O4S2. The van der Waals surface area contributed by atoms with Gasteiger partial charge in [-0.05, 0) is 49.7 Å². The third-order valence-corrected chi connectivity index (χ3v) is 8.74. The van der Waals surface area contributed by atoms with Crippen LogP contribution >= 0.6 is 11.8 Å². The molecule has 0 radical (unpaired) electrons. The minimum Gasteiger partial charge on any atom is -0.379 e. The fraction of sp³-hybridized carbons (Fsp3) is 0.348. The Morgan fingerprint density at radius 1 is 1.09 bits per heavy atom. The molecule has 1 fully saturated rings. The van der Waals surface area contributed by atoms with Gasteiger partial charge in [-0.3, -0.25) is 9.20 Å². The molecule has 34 heavy (non-hydrogen) atoms. The molecule has 4 aromatic rings. The Morgan fingerprint density at radius 2 is 1.88 bits per heavy atom. The van der Waals surface area contributed by atoms with E-state index in [1.54, 1.807) is 24.4 Å². The Morgan fingerprint density at radius 3 is 2.65 bits per heavy atom. The second kappa shape index (κ2) is 9.14. The smallest absolute Gasteiger partial charge is 0.258 e. The van der Waals surface area contributed by atoms with Crippen LogP contribution in [0.2, 0.25) is 0 Å². The van der Waals surface area contributed by atoms with Crippen LogP contribution in [0.4, 0.5) is 0 Å². The summed E-state index contributed by atoms with van der Waals surface area (Å²) in [6.07, 6.45) is 1.73. The van der Waals surface area contributed by atoms with Crippen molar-refractivity contribution in [3.8, 4) is 0 Å². The van der Waals surface area contributed by atoms with Crippen LogP contribution in [0.5, 0.6) is 0 Å². The topological polar surface area (TPSA) is 98.8 Å². The lowest BCUT2D eigenvalue weighted by atomic mass is 10.3. The van der Waals surface area contributed by atoms with Gasteiger partial charge < -0.3 is 9.30 Å². The summed E-state index contributed by atoms with van der Waals surface area (Å²) in [7, 11) is -3.60. The number of aryl methyl sites for hydroxylation is 2. The highest BCUT2D eigenvalue weighted by molar-refractivity contribution is 7.98. The van der Waals surface area contributed by atoms with Gasteiger partial charge in [0.25, 0.3) is 5.56 Å². The Labute approximate surface area is 201 Å². The number of thioether (sulfide) groups is 1. The summed E-state index contributed by atoms with van der Waals surface area (Å²) in [5.41, 5.74) is 3.69. The van der Waals surface area contributed by atoms with E-state index in [9.17, 15) is 13.2 Å². The van der Waals surface area contributed by atoms with E-state index in [1.807, 2.05) is 36.6 Å².